The molecule has 1 heterocycles. The van der Waals surface area contributed by atoms with Crippen LogP contribution in [0.15, 0.2) is 29.3 Å². The Balaban J connectivity index is 2.80. The first-order valence-electron chi connectivity index (χ1n) is 6.47. The van der Waals surface area contributed by atoms with Gasteiger partial charge in [-0.25, -0.2) is 0 Å². The Kier molecular flexibility index (Phi) is 3.90. The van der Waals surface area contributed by atoms with E-state index < -0.39 is 0 Å². The van der Waals surface area contributed by atoms with Gasteiger partial charge in [-0.3, -0.25) is 0 Å². The molecule has 0 aliphatic heterocycles. The van der Waals surface area contributed by atoms with Gasteiger partial charge in [-0.2, -0.15) is 4.57 Å². The molecular formula is C15H20NO2S+. The van der Waals surface area contributed by atoms with Crippen LogP contribution in [0.25, 0.3) is 10.9 Å². The number of fused-ring (bicyclic) bond motifs is 1. The van der Waals surface area contributed by atoms with Crippen molar-refractivity contribution >= 4 is 22.7 Å². The average Bonchev–Trinajstić information content (AvgIpc) is 2.32. The van der Waals surface area contributed by atoms with Crippen LogP contribution in [0.5, 0.6) is 11.5 Å². The zero-order chi connectivity index (χ0) is 14.2. The zero-order valence-corrected chi connectivity index (χ0v) is 12.5. The first-order chi connectivity index (χ1) is 8.91. The van der Waals surface area contributed by atoms with E-state index in [2.05, 4.69) is 27.7 Å². The molecule has 0 bridgehead atoms. The largest absolute Gasteiger partial charge is 0.503 e. The lowest BCUT2D eigenvalue weighted by Gasteiger charge is -2.12. The topological polar surface area (TPSA) is 44.3 Å². The molecule has 0 aliphatic carbocycles. The predicted octanol–water partition coefficient (Wildman–Crippen LogP) is 3.62. The fourth-order valence-electron chi connectivity index (χ4n) is 2.14. The van der Waals surface area contributed by atoms with Crippen molar-refractivity contribution in [1.82, 2.24) is 0 Å². The number of aromatic hydroxyl groups is 2. The van der Waals surface area contributed by atoms with E-state index in [1.54, 1.807) is 18.0 Å². The summed E-state index contributed by atoms with van der Waals surface area (Å²) in [5.74, 6) is -0.103. The minimum absolute atomic E-state index is 0.0318. The van der Waals surface area contributed by atoms with E-state index in [9.17, 15) is 10.2 Å². The number of benzene rings is 1. The van der Waals surface area contributed by atoms with Crippen LogP contribution >= 0.6 is 11.8 Å². The first-order valence-corrected chi connectivity index (χ1v) is 7.35. The highest BCUT2D eigenvalue weighted by molar-refractivity contribution is 8.00. The highest BCUT2D eigenvalue weighted by Gasteiger charge is 2.22. The van der Waals surface area contributed by atoms with Crippen molar-refractivity contribution < 1.29 is 14.8 Å². The molecule has 1 aromatic carbocycles. The SMILES string of the molecule is CC(C)Sc1cccc2c1c(O)c(O)c[n+]2C(C)C. The van der Waals surface area contributed by atoms with Gasteiger partial charge in [-0.1, -0.05) is 19.9 Å². The van der Waals surface area contributed by atoms with Gasteiger partial charge in [0.15, 0.2) is 11.8 Å². The molecule has 1 aromatic heterocycles. The lowest BCUT2D eigenvalue weighted by atomic mass is 10.1. The number of rotatable bonds is 3. The third kappa shape index (κ3) is 2.63. The maximum Gasteiger partial charge on any atom is 0.223 e. The minimum atomic E-state index is -0.0713. The van der Waals surface area contributed by atoms with Gasteiger partial charge in [0.2, 0.25) is 17.5 Å². The number of thioether (sulfide) groups is 1. The molecule has 0 radical (unpaired) electrons. The van der Waals surface area contributed by atoms with E-state index in [1.807, 2.05) is 22.8 Å². The van der Waals surface area contributed by atoms with Crippen molar-refractivity contribution in [3.8, 4) is 11.5 Å². The highest BCUT2D eigenvalue weighted by Crippen LogP contribution is 2.39. The third-order valence-corrected chi connectivity index (χ3v) is 4.01. The molecule has 0 fully saturated rings. The molecule has 19 heavy (non-hydrogen) atoms. The predicted molar refractivity (Wildman–Crippen MR) is 78.9 cm³/mol. The number of hydrogen-bond donors (Lipinski definition) is 2. The van der Waals surface area contributed by atoms with Crippen LogP contribution in [0.3, 0.4) is 0 Å². The van der Waals surface area contributed by atoms with Crippen molar-refractivity contribution in [1.29, 1.82) is 0 Å². The summed E-state index contributed by atoms with van der Waals surface area (Å²) in [7, 11) is 0. The monoisotopic (exact) mass is 278 g/mol. The first kappa shape index (κ1) is 14.0. The second-order valence-electron chi connectivity index (χ2n) is 5.18. The van der Waals surface area contributed by atoms with Gasteiger partial charge < -0.3 is 10.2 Å². The quantitative estimate of drug-likeness (QED) is 0.666. The van der Waals surface area contributed by atoms with Crippen LogP contribution in [0, 0.1) is 0 Å². The van der Waals surface area contributed by atoms with E-state index >= 15 is 0 Å². The molecular weight excluding hydrogens is 258 g/mol. The minimum Gasteiger partial charge on any atom is -0.503 e. The summed E-state index contributed by atoms with van der Waals surface area (Å²) < 4.78 is 1.98. The van der Waals surface area contributed by atoms with Gasteiger partial charge in [-0.15, -0.1) is 11.8 Å². The fraction of sp³-hybridized carbons (Fsp3) is 0.400. The Morgan fingerprint density at radius 3 is 2.37 bits per heavy atom. The lowest BCUT2D eigenvalue weighted by Crippen LogP contribution is -2.36. The van der Waals surface area contributed by atoms with Crippen LogP contribution in [0.1, 0.15) is 33.7 Å². The number of nitrogens with zero attached hydrogens (tertiary/aromatic N) is 1. The molecule has 0 saturated carbocycles. The second-order valence-corrected chi connectivity index (χ2v) is 6.80. The van der Waals surface area contributed by atoms with Crippen LogP contribution in [0.2, 0.25) is 0 Å². The molecule has 2 aromatic rings. The van der Waals surface area contributed by atoms with Crippen molar-refractivity contribution in [2.75, 3.05) is 0 Å². The maximum atomic E-state index is 10.2. The Morgan fingerprint density at radius 1 is 1.11 bits per heavy atom. The van der Waals surface area contributed by atoms with Crippen LogP contribution in [-0.4, -0.2) is 15.5 Å². The average molecular weight is 278 g/mol. The fourth-order valence-corrected chi connectivity index (χ4v) is 3.13. The summed E-state index contributed by atoms with van der Waals surface area (Å²) in [5, 5.41) is 21.3. The number of pyridine rings is 1. The summed E-state index contributed by atoms with van der Waals surface area (Å²) in [5.41, 5.74) is 0.941. The summed E-state index contributed by atoms with van der Waals surface area (Å²) in [4.78, 5) is 0.996. The smallest absolute Gasteiger partial charge is 0.223 e. The lowest BCUT2D eigenvalue weighted by molar-refractivity contribution is -0.691. The van der Waals surface area contributed by atoms with Gasteiger partial charge in [0.25, 0.3) is 0 Å². The van der Waals surface area contributed by atoms with Crippen LogP contribution < -0.4 is 4.57 Å². The maximum absolute atomic E-state index is 10.2. The summed E-state index contributed by atoms with van der Waals surface area (Å²) in [6, 6.07) is 6.16. The van der Waals surface area contributed by atoms with E-state index in [4.69, 9.17) is 0 Å². The number of hydrogen-bond acceptors (Lipinski definition) is 3. The Morgan fingerprint density at radius 2 is 1.79 bits per heavy atom. The Labute approximate surface area is 117 Å². The zero-order valence-electron chi connectivity index (χ0n) is 11.7. The summed E-state index contributed by atoms with van der Waals surface area (Å²) in [6.45, 7) is 8.33. The third-order valence-electron chi connectivity index (χ3n) is 2.94. The van der Waals surface area contributed by atoms with Gasteiger partial charge in [0.05, 0.1) is 0 Å². The molecule has 2 N–H and O–H groups in total. The molecule has 4 heteroatoms. The van der Waals surface area contributed by atoms with E-state index in [0.717, 1.165) is 15.8 Å². The number of aromatic nitrogens is 1. The van der Waals surface area contributed by atoms with Gasteiger partial charge in [0, 0.05) is 16.2 Å². The van der Waals surface area contributed by atoms with Crippen molar-refractivity contribution in [2.45, 2.75) is 43.9 Å². The van der Waals surface area contributed by atoms with Crippen molar-refractivity contribution in [3.63, 3.8) is 0 Å². The molecule has 0 saturated heterocycles. The molecule has 3 nitrogen and oxygen atoms in total. The van der Waals surface area contributed by atoms with Crippen molar-refractivity contribution in [2.24, 2.45) is 0 Å². The highest BCUT2D eigenvalue weighted by atomic mass is 32.2. The summed E-state index contributed by atoms with van der Waals surface area (Å²) in [6.07, 6.45) is 1.59. The molecule has 0 aliphatic rings. The summed E-state index contributed by atoms with van der Waals surface area (Å²) >= 11 is 1.69. The molecule has 0 spiro atoms. The molecule has 0 amide bonds. The van der Waals surface area contributed by atoms with E-state index in [1.165, 1.54) is 0 Å². The van der Waals surface area contributed by atoms with Crippen LogP contribution in [-0.2, 0) is 0 Å². The molecule has 0 unspecified atom stereocenters. The van der Waals surface area contributed by atoms with Crippen LogP contribution in [0.4, 0.5) is 0 Å². The van der Waals surface area contributed by atoms with Gasteiger partial charge >= 0.3 is 0 Å². The molecule has 0 atom stereocenters. The van der Waals surface area contributed by atoms with E-state index in [-0.39, 0.29) is 17.5 Å². The Hall–Kier alpha value is -1.42. The second kappa shape index (κ2) is 5.29. The van der Waals surface area contributed by atoms with Crippen molar-refractivity contribution in [3.05, 3.63) is 24.4 Å². The molecule has 102 valence electrons. The Bertz CT molecular complexity index is 609. The normalized spacial score (nSPS) is 11.7. The molecule has 2 rings (SSSR count). The van der Waals surface area contributed by atoms with Gasteiger partial charge in [-0.05, 0) is 19.9 Å². The standard InChI is InChI=1S/C15H19NO2S/c1-9(2)16-8-12(17)15(18)14-11(16)6-5-7-13(14)19-10(3)4/h5-10,17H,1-4H3/p+1. The van der Waals surface area contributed by atoms with E-state index in [0.29, 0.717) is 5.25 Å². The van der Waals surface area contributed by atoms with Gasteiger partial charge in [0.1, 0.15) is 5.39 Å².